The summed E-state index contributed by atoms with van der Waals surface area (Å²) >= 11 is 7.45. The summed E-state index contributed by atoms with van der Waals surface area (Å²) in [4.78, 5) is 43.6. The summed E-state index contributed by atoms with van der Waals surface area (Å²) in [6.07, 6.45) is 1.60. The first-order valence-corrected chi connectivity index (χ1v) is 14.5. The first kappa shape index (κ1) is 28.1. The quantitative estimate of drug-likeness (QED) is 0.183. The van der Waals surface area contributed by atoms with Gasteiger partial charge in [0.1, 0.15) is 11.4 Å². The highest BCUT2D eigenvalue weighted by Crippen LogP contribution is 2.46. The minimum atomic E-state index is -0.579. The number of likely N-dealkylation sites (tertiary alicyclic amines) is 1. The second-order valence-corrected chi connectivity index (χ2v) is 11.8. The molecule has 1 atom stereocenters. The summed E-state index contributed by atoms with van der Waals surface area (Å²) in [5, 5.41) is 0.596. The number of aldehydes is 1. The Kier molecular flexibility index (Phi) is 8.12. The van der Waals surface area contributed by atoms with Crippen molar-refractivity contribution in [2.75, 3.05) is 27.2 Å². The first-order valence-electron chi connectivity index (χ1n) is 13.3. The highest BCUT2D eigenvalue weighted by molar-refractivity contribution is 7.21. The summed E-state index contributed by atoms with van der Waals surface area (Å²) in [5.41, 5.74) is 4.19. The number of nitrogens with zero attached hydrogens (tertiary/aromatic N) is 3. The molecule has 1 aliphatic heterocycles. The van der Waals surface area contributed by atoms with Crippen LogP contribution in [0.3, 0.4) is 0 Å². The molecule has 1 fully saturated rings. The molecule has 208 valence electrons. The summed E-state index contributed by atoms with van der Waals surface area (Å²) in [5.74, 6) is -0.643. The molecule has 9 heteroatoms. The van der Waals surface area contributed by atoms with Crippen molar-refractivity contribution in [2.45, 2.75) is 38.9 Å². The van der Waals surface area contributed by atoms with Gasteiger partial charge in [-0.05, 0) is 43.5 Å². The Balaban J connectivity index is 1.72. The number of esters is 1. The fourth-order valence-corrected chi connectivity index (χ4v) is 6.91. The van der Waals surface area contributed by atoms with Gasteiger partial charge in [-0.3, -0.25) is 14.5 Å². The van der Waals surface area contributed by atoms with Crippen molar-refractivity contribution in [1.82, 2.24) is 14.4 Å². The molecular weight excluding hydrogens is 546 g/mol. The van der Waals surface area contributed by atoms with Gasteiger partial charge in [-0.1, -0.05) is 54.1 Å². The van der Waals surface area contributed by atoms with E-state index in [2.05, 4.69) is 18.7 Å². The van der Waals surface area contributed by atoms with Crippen molar-refractivity contribution in [1.29, 1.82) is 0 Å². The van der Waals surface area contributed by atoms with Crippen LogP contribution in [0, 0.1) is 0 Å². The molecule has 0 saturated carbocycles. The number of hydrogen-bond donors (Lipinski definition) is 0. The Morgan fingerprint density at radius 1 is 1.12 bits per heavy atom. The van der Waals surface area contributed by atoms with E-state index in [9.17, 15) is 14.4 Å². The number of rotatable bonds is 8. The predicted molar refractivity (Wildman–Crippen MR) is 160 cm³/mol. The smallest absolute Gasteiger partial charge is 0.348 e. The molecule has 1 aliphatic rings. The average Bonchev–Trinajstić information content (AvgIpc) is 3.67. The number of carbonyl (C=O) groups excluding carboxylic acids is 3. The topological polar surface area (TPSA) is 71.8 Å². The van der Waals surface area contributed by atoms with Crippen LogP contribution in [0.4, 0.5) is 0 Å². The van der Waals surface area contributed by atoms with E-state index in [1.54, 1.807) is 0 Å². The van der Waals surface area contributed by atoms with Crippen LogP contribution in [-0.4, -0.2) is 71.9 Å². The zero-order valence-electron chi connectivity index (χ0n) is 23.0. The van der Waals surface area contributed by atoms with E-state index in [1.165, 1.54) is 18.4 Å². The van der Waals surface area contributed by atoms with Crippen LogP contribution >= 0.6 is 22.9 Å². The first-order chi connectivity index (χ1) is 19.2. The van der Waals surface area contributed by atoms with Crippen molar-refractivity contribution < 1.29 is 19.1 Å². The van der Waals surface area contributed by atoms with Crippen molar-refractivity contribution in [2.24, 2.45) is 0 Å². The normalized spacial score (nSPS) is 15.6. The number of methoxy groups -OCH3 is 1. The second-order valence-electron chi connectivity index (χ2n) is 10.4. The zero-order valence-corrected chi connectivity index (χ0v) is 24.6. The van der Waals surface area contributed by atoms with Gasteiger partial charge in [0.05, 0.1) is 28.6 Å². The molecule has 0 spiro atoms. The number of amides is 1. The van der Waals surface area contributed by atoms with Gasteiger partial charge in [-0.25, -0.2) is 4.79 Å². The lowest BCUT2D eigenvalue weighted by Gasteiger charge is -2.27. The number of benzene rings is 2. The molecule has 5 rings (SSSR count). The Morgan fingerprint density at radius 2 is 1.82 bits per heavy atom. The van der Waals surface area contributed by atoms with Crippen LogP contribution in [0.15, 0.2) is 54.6 Å². The standard InChI is InChI=1S/C31H32ClN3O4S/c1-19(2)34-15-14-23(16-34)33(3)25(37)17-35-27(21-10-12-22(32)13-11-21)26(20-8-6-5-7-9-20)30-28(35)24(18-36)29(40-30)31(38)39-4/h5-13,18-19,23H,14-17H2,1-4H3. The van der Waals surface area contributed by atoms with Gasteiger partial charge in [0.25, 0.3) is 0 Å². The molecule has 7 nitrogen and oxygen atoms in total. The molecule has 0 N–H and O–H groups in total. The molecule has 40 heavy (non-hydrogen) atoms. The number of ether oxygens (including phenoxy) is 1. The minimum absolute atomic E-state index is 0.00809. The SMILES string of the molecule is COC(=O)c1sc2c(-c3ccccc3)c(-c3ccc(Cl)cc3)n(CC(=O)N(C)C3CCN(C(C)C)C3)c2c1C=O. The molecule has 0 bridgehead atoms. The Morgan fingerprint density at radius 3 is 2.42 bits per heavy atom. The summed E-state index contributed by atoms with van der Waals surface area (Å²) in [7, 11) is 3.15. The molecule has 1 unspecified atom stereocenters. The summed E-state index contributed by atoms with van der Waals surface area (Å²) in [6.45, 7) is 6.12. The van der Waals surface area contributed by atoms with Crippen LogP contribution in [0.25, 0.3) is 32.6 Å². The number of thiophene rings is 1. The van der Waals surface area contributed by atoms with Gasteiger partial charge in [-0.2, -0.15) is 0 Å². The van der Waals surface area contributed by atoms with E-state index < -0.39 is 5.97 Å². The molecule has 1 amide bonds. The number of likely N-dealkylation sites (N-methyl/N-ethyl adjacent to an activating group) is 1. The molecule has 3 heterocycles. The monoisotopic (exact) mass is 577 g/mol. The van der Waals surface area contributed by atoms with Gasteiger partial charge >= 0.3 is 5.97 Å². The van der Waals surface area contributed by atoms with E-state index >= 15 is 0 Å². The van der Waals surface area contributed by atoms with Gasteiger partial charge in [-0.15, -0.1) is 11.3 Å². The molecule has 4 aromatic rings. The lowest BCUT2D eigenvalue weighted by molar-refractivity contribution is -0.132. The Hall–Kier alpha value is -3.46. The summed E-state index contributed by atoms with van der Waals surface area (Å²) < 4.78 is 7.66. The van der Waals surface area contributed by atoms with Crippen LogP contribution < -0.4 is 0 Å². The van der Waals surface area contributed by atoms with Crippen molar-refractivity contribution in [3.05, 3.63) is 70.1 Å². The van der Waals surface area contributed by atoms with Crippen LogP contribution in [0.5, 0.6) is 0 Å². The predicted octanol–water partition coefficient (Wildman–Crippen LogP) is 6.23. The van der Waals surface area contributed by atoms with Crippen LogP contribution in [0.2, 0.25) is 5.02 Å². The van der Waals surface area contributed by atoms with Crippen molar-refractivity contribution in [3.8, 4) is 22.4 Å². The second kappa shape index (κ2) is 11.6. The van der Waals surface area contributed by atoms with E-state index in [0.29, 0.717) is 22.9 Å². The highest BCUT2D eigenvalue weighted by atomic mass is 35.5. The Labute approximate surface area is 242 Å². The fourth-order valence-electron chi connectivity index (χ4n) is 5.52. The number of fused-ring (bicyclic) bond motifs is 1. The molecular formula is C31H32ClN3O4S. The fraction of sp³-hybridized carbons (Fsp3) is 0.323. The van der Waals surface area contributed by atoms with Gasteiger partial charge in [0.2, 0.25) is 5.91 Å². The summed E-state index contributed by atoms with van der Waals surface area (Å²) in [6, 6.07) is 17.8. The van der Waals surface area contributed by atoms with Crippen molar-refractivity contribution >= 4 is 51.3 Å². The largest absolute Gasteiger partial charge is 0.465 e. The van der Waals surface area contributed by atoms with Gasteiger partial charge < -0.3 is 14.2 Å². The minimum Gasteiger partial charge on any atom is -0.465 e. The Bertz CT molecular complexity index is 1560. The number of aromatic nitrogens is 1. The lowest BCUT2D eigenvalue weighted by Crippen LogP contribution is -2.41. The third kappa shape index (κ3) is 5.07. The number of halogens is 1. The molecule has 1 saturated heterocycles. The molecule has 2 aromatic carbocycles. The van der Waals surface area contributed by atoms with E-state index in [0.717, 1.165) is 46.6 Å². The molecule has 0 aliphatic carbocycles. The van der Waals surface area contributed by atoms with E-state index in [4.69, 9.17) is 16.3 Å². The maximum absolute atomic E-state index is 13.9. The average molecular weight is 578 g/mol. The van der Waals surface area contributed by atoms with Gasteiger partial charge in [0.15, 0.2) is 6.29 Å². The highest BCUT2D eigenvalue weighted by Gasteiger charge is 2.33. The van der Waals surface area contributed by atoms with Crippen LogP contribution in [0.1, 0.15) is 40.3 Å². The van der Waals surface area contributed by atoms with Crippen molar-refractivity contribution in [3.63, 3.8) is 0 Å². The maximum Gasteiger partial charge on any atom is 0.348 e. The maximum atomic E-state index is 13.9. The number of hydrogen-bond acceptors (Lipinski definition) is 6. The molecule has 2 aromatic heterocycles. The lowest BCUT2D eigenvalue weighted by atomic mass is 10.0. The van der Waals surface area contributed by atoms with Crippen LogP contribution in [-0.2, 0) is 16.1 Å². The molecule has 0 radical (unpaired) electrons. The third-order valence-corrected chi connectivity index (χ3v) is 9.20. The zero-order chi connectivity index (χ0) is 28.6. The van der Waals surface area contributed by atoms with Gasteiger partial charge in [0, 0.05) is 42.8 Å². The van der Waals surface area contributed by atoms with E-state index in [1.807, 2.05) is 71.1 Å². The third-order valence-electron chi connectivity index (χ3n) is 7.75. The van der Waals surface area contributed by atoms with E-state index in [-0.39, 0.29) is 28.9 Å². The number of carbonyl (C=O) groups is 3.